The van der Waals surface area contributed by atoms with Gasteiger partial charge in [-0.25, -0.2) is 0 Å². The van der Waals surface area contributed by atoms with Crippen molar-refractivity contribution in [1.82, 2.24) is 4.90 Å². The zero-order valence-corrected chi connectivity index (χ0v) is 10.7. The number of hydrogen-bond acceptors (Lipinski definition) is 3. The Morgan fingerprint density at radius 3 is 2.71 bits per heavy atom. The number of sulfonamides is 1. The van der Waals surface area contributed by atoms with Crippen molar-refractivity contribution in [2.24, 2.45) is 4.40 Å². The molecule has 0 fully saturated rings. The van der Waals surface area contributed by atoms with Crippen molar-refractivity contribution in [3.63, 3.8) is 0 Å². The highest BCUT2D eigenvalue weighted by atomic mass is 32.2. The molecule has 0 saturated heterocycles. The van der Waals surface area contributed by atoms with Crippen molar-refractivity contribution in [3.8, 4) is 0 Å². The molecule has 0 aromatic heterocycles. The summed E-state index contributed by atoms with van der Waals surface area (Å²) in [5.74, 6) is 0.489. The van der Waals surface area contributed by atoms with E-state index in [1.807, 2.05) is 20.0 Å². The van der Waals surface area contributed by atoms with Crippen LogP contribution >= 0.6 is 0 Å². The average molecular weight is 250 g/mol. The Balaban J connectivity index is 2.48. The van der Waals surface area contributed by atoms with E-state index in [9.17, 15) is 8.42 Å². The lowest BCUT2D eigenvalue weighted by Crippen LogP contribution is -2.27. The molecular formula is C12H14N2O2S. The maximum Gasteiger partial charge on any atom is 0.285 e. The van der Waals surface area contributed by atoms with Crippen LogP contribution in [-0.2, 0) is 10.0 Å². The average Bonchev–Trinajstić information content (AvgIpc) is 2.51. The minimum atomic E-state index is -3.52. The normalized spacial score (nSPS) is 16.2. The van der Waals surface area contributed by atoms with E-state index in [0.29, 0.717) is 17.9 Å². The summed E-state index contributed by atoms with van der Waals surface area (Å²) in [7, 11) is -1.71. The SMILES string of the molecule is C=C(C)CN(C)C1=NS(=O)(=O)c2ccccc21. The summed E-state index contributed by atoms with van der Waals surface area (Å²) in [5, 5.41) is 0. The number of hydrogen-bond donors (Lipinski definition) is 0. The molecule has 0 spiro atoms. The molecule has 0 N–H and O–H groups in total. The van der Waals surface area contributed by atoms with E-state index in [1.165, 1.54) is 0 Å². The predicted molar refractivity (Wildman–Crippen MR) is 67.6 cm³/mol. The predicted octanol–water partition coefficient (Wildman–Crippen LogP) is 1.64. The lowest BCUT2D eigenvalue weighted by Gasteiger charge is -2.18. The molecule has 1 aliphatic heterocycles. The van der Waals surface area contributed by atoms with Gasteiger partial charge in [0.2, 0.25) is 0 Å². The molecule has 2 rings (SSSR count). The number of benzene rings is 1. The summed E-state index contributed by atoms with van der Waals surface area (Å²) in [6, 6.07) is 6.86. The smallest absolute Gasteiger partial charge is 0.285 e. The summed E-state index contributed by atoms with van der Waals surface area (Å²) in [4.78, 5) is 2.08. The molecule has 90 valence electrons. The fraction of sp³-hybridized carbons (Fsp3) is 0.250. The first-order valence-corrected chi connectivity index (χ1v) is 6.66. The van der Waals surface area contributed by atoms with E-state index in [-0.39, 0.29) is 4.90 Å². The van der Waals surface area contributed by atoms with Crippen LogP contribution in [0.4, 0.5) is 0 Å². The zero-order chi connectivity index (χ0) is 12.6. The second kappa shape index (κ2) is 4.00. The fourth-order valence-corrected chi connectivity index (χ4v) is 3.10. The van der Waals surface area contributed by atoms with E-state index >= 15 is 0 Å². The molecule has 1 aromatic carbocycles. The van der Waals surface area contributed by atoms with Gasteiger partial charge in [-0.05, 0) is 19.1 Å². The topological polar surface area (TPSA) is 49.7 Å². The van der Waals surface area contributed by atoms with E-state index in [0.717, 1.165) is 5.57 Å². The molecule has 1 aliphatic rings. The van der Waals surface area contributed by atoms with Gasteiger partial charge in [0, 0.05) is 19.2 Å². The fourth-order valence-electron chi connectivity index (χ4n) is 1.84. The van der Waals surface area contributed by atoms with Gasteiger partial charge in [0.15, 0.2) is 5.84 Å². The van der Waals surface area contributed by atoms with Gasteiger partial charge in [0.1, 0.15) is 4.90 Å². The van der Waals surface area contributed by atoms with Crippen LogP contribution in [0.25, 0.3) is 0 Å². The molecule has 0 radical (unpaired) electrons. The van der Waals surface area contributed by atoms with Crippen LogP contribution in [0.2, 0.25) is 0 Å². The molecule has 0 aliphatic carbocycles. The first-order valence-electron chi connectivity index (χ1n) is 5.22. The van der Waals surface area contributed by atoms with Crippen molar-refractivity contribution in [2.45, 2.75) is 11.8 Å². The number of fused-ring (bicyclic) bond motifs is 1. The molecule has 0 unspecified atom stereocenters. The van der Waals surface area contributed by atoms with Crippen molar-refractivity contribution >= 4 is 15.9 Å². The summed E-state index contributed by atoms with van der Waals surface area (Å²) in [5.41, 5.74) is 1.62. The van der Waals surface area contributed by atoms with Crippen molar-refractivity contribution in [3.05, 3.63) is 42.0 Å². The molecule has 17 heavy (non-hydrogen) atoms. The van der Waals surface area contributed by atoms with Crippen LogP contribution < -0.4 is 0 Å². The molecule has 0 atom stereocenters. The van der Waals surface area contributed by atoms with Crippen LogP contribution in [0.15, 0.2) is 45.7 Å². The molecule has 1 aromatic rings. The largest absolute Gasteiger partial charge is 0.354 e. The zero-order valence-electron chi connectivity index (χ0n) is 9.84. The third kappa shape index (κ3) is 2.10. The Kier molecular flexibility index (Phi) is 2.79. The Labute approximate surface area is 101 Å². The first-order chi connectivity index (χ1) is 7.92. The lowest BCUT2D eigenvalue weighted by atomic mass is 10.2. The molecule has 0 amide bonds. The maximum atomic E-state index is 11.8. The highest BCUT2D eigenvalue weighted by molar-refractivity contribution is 7.90. The quantitative estimate of drug-likeness (QED) is 0.750. The standard InChI is InChI=1S/C12H14N2O2S/c1-9(2)8-14(3)12-10-6-4-5-7-11(10)17(15,16)13-12/h4-7H,1,8H2,2-3H3. The minimum Gasteiger partial charge on any atom is -0.354 e. The monoisotopic (exact) mass is 250 g/mol. The van der Waals surface area contributed by atoms with Crippen molar-refractivity contribution in [2.75, 3.05) is 13.6 Å². The van der Waals surface area contributed by atoms with Crippen LogP contribution in [-0.4, -0.2) is 32.7 Å². The molecule has 0 saturated carbocycles. The van der Waals surface area contributed by atoms with Gasteiger partial charge in [-0.1, -0.05) is 24.3 Å². The Morgan fingerprint density at radius 2 is 2.06 bits per heavy atom. The Morgan fingerprint density at radius 1 is 1.41 bits per heavy atom. The lowest BCUT2D eigenvalue weighted by molar-refractivity contribution is 0.551. The molecule has 1 heterocycles. The van der Waals surface area contributed by atoms with Crippen LogP contribution in [0.5, 0.6) is 0 Å². The molecule has 5 heteroatoms. The second-order valence-corrected chi connectivity index (χ2v) is 5.77. The second-order valence-electron chi connectivity index (χ2n) is 4.20. The van der Waals surface area contributed by atoms with E-state index in [2.05, 4.69) is 11.0 Å². The Bertz CT molecular complexity index is 603. The van der Waals surface area contributed by atoms with E-state index in [4.69, 9.17) is 0 Å². The third-order valence-electron chi connectivity index (χ3n) is 2.48. The first kappa shape index (κ1) is 11.9. The van der Waals surface area contributed by atoms with E-state index in [1.54, 1.807) is 23.1 Å². The summed E-state index contributed by atoms with van der Waals surface area (Å²) in [6.45, 7) is 6.29. The highest BCUT2D eigenvalue weighted by Gasteiger charge is 2.30. The number of rotatable bonds is 2. The van der Waals surface area contributed by atoms with Gasteiger partial charge < -0.3 is 4.90 Å². The minimum absolute atomic E-state index is 0.281. The van der Waals surface area contributed by atoms with Gasteiger partial charge in [-0.3, -0.25) is 0 Å². The molecular weight excluding hydrogens is 236 g/mol. The van der Waals surface area contributed by atoms with Crippen LogP contribution in [0.3, 0.4) is 0 Å². The number of nitrogens with zero attached hydrogens (tertiary/aromatic N) is 2. The summed E-state index contributed by atoms with van der Waals surface area (Å²) in [6.07, 6.45) is 0. The van der Waals surface area contributed by atoms with Crippen LogP contribution in [0, 0.1) is 0 Å². The summed E-state index contributed by atoms with van der Waals surface area (Å²) >= 11 is 0. The molecule has 0 bridgehead atoms. The summed E-state index contributed by atoms with van der Waals surface area (Å²) < 4.78 is 27.4. The van der Waals surface area contributed by atoms with Gasteiger partial charge in [-0.2, -0.15) is 8.42 Å². The third-order valence-corrected chi connectivity index (χ3v) is 3.81. The number of amidine groups is 1. The van der Waals surface area contributed by atoms with Gasteiger partial charge in [0.05, 0.1) is 0 Å². The Hall–Kier alpha value is -1.62. The van der Waals surface area contributed by atoms with Gasteiger partial charge in [0.25, 0.3) is 10.0 Å². The van der Waals surface area contributed by atoms with Gasteiger partial charge >= 0.3 is 0 Å². The molecule has 4 nitrogen and oxygen atoms in total. The van der Waals surface area contributed by atoms with Crippen molar-refractivity contribution in [1.29, 1.82) is 0 Å². The van der Waals surface area contributed by atoms with Gasteiger partial charge in [-0.15, -0.1) is 4.40 Å². The maximum absolute atomic E-state index is 11.8. The van der Waals surface area contributed by atoms with Crippen molar-refractivity contribution < 1.29 is 8.42 Å². The number of likely N-dealkylation sites (N-methyl/N-ethyl adjacent to an activating group) is 1. The van der Waals surface area contributed by atoms with Crippen LogP contribution in [0.1, 0.15) is 12.5 Å². The van der Waals surface area contributed by atoms with E-state index < -0.39 is 10.0 Å². The highest BCUT2D eigenvalue weighted by Crippen LogP contribution is 2.26.